The minimum atomic E-state index is -0.946. The van der Waals surface area contributed by atoms with E-state index in [4.69, 9.17) is 67.1 Å². The molecule has 0 bridgehead atoms. The van der Waals surface area contributed by atoms with Crippen LogP contribution in [0.4, 0.5) is 9.59 Å². The number of carbonyl (C=O) groups excluding carboxylic acids is 8. The molecule has 30 nitrogen and oxygen atoms in total. The van der Waals surface area contributed by atoms with Crippen molar-refractivity contribution < 1.29 is 105 Å². The first-order valence-corrected chi connectivity index (χ1v) is 38.9. The van der Waals surface area contributed by atoms with Crippen LogP contribution in [0.2, 0.25) is 0 Å². The standard InChI is InChI=1S/C40H66N4O10.C39H64N4O11.CH4O/c1-10-18-49-19-20-50-21-22-51-23-24-52-25-26-53-32-27-29-14-11-12-15-30(29)33(32)41-36(46)31-16-13-17-44(31)37(47)34(39(3,4)5)42-35(45)28(2)43(9)38(48)54-40(6,7)8;1-27(42(8)37(48)54-39(5,6)7)34(45)41-33(38(2,3)4)36(47)43-15-11-14-30(43)35(46)40-32-29-13-10-9-12-28(29)26-31(32)53-25-24-52-23-22-51-21-20-50-19-18-49-17-16-44;1-2/h11-12,14-15,28,31-34H,10,13,16-27H2,1-9H3,(H,41,46)(H,42,45);9-10,12-13,27,30-33,44H,11,14-26H2,1-8H3,(H,40,46)(H,41,45);2H,1H3/t28-,31-,32+,33-,34+;27-,30-,31+,32-,33+;/m00./s1. The van der Waals surface area contributed by atoms with Crippen molar-refractivity contribution in [2.24, 2.45) is 10.8 Å². The van der Waals surface area contributed by atoms with E-state index in [-0.39, 0.29) is 42.4 Å². The Bertz CT molecular complexity index is 2900. The summed E-state index contributed by atoms with van der Waals surface area (Å²) in [6.07, 6.45) is 2.60. The van der Waals surface area contributed by atoms with Crippen LogP contribution in [0.15, 0.2) is 48.5 Å². The Balaban J connectivity index is 0.000000454. The van der Waals surface area contributed by atoms with Gasteiger partial charge in [-0.1, -0.05) is 97.0 Å². The third kappa shape index (κ3) is 32.4. The van der Waals surface area contributed by atoms with Crippen LogP contribution in [-0.4, -0.2) is 297 Å². The van der Waals surface area contributed by atoms with Gasteiger partial charge in [0.1, 0.15) is 47.5 Å². The zero-order valence-corrected chi connectivity index (χ0v) is 69.0. The molecule has 30 heteroatoms. The summed E-state index contributed by atoms with van der Waals surface area (Å²) in [5.74, 6) is -2.23. The zero-order valence-electron chi connectivity index (χ0n) is 69.0. The monoisotopic (exact) mass is 1560 g/mol. The number of fused-ring (bicyclic) bond motifs is 2. The van der Waals surface area contributed by atoms with Crippen LogP contribution in [0, 0.1) is 10.8 Å². The Morgan fingerprint density at radius 1 is 0.464 bits per heavy atom. The number of nitrogens with one attached hydrogen (secondary N) is 4. The summed E-state index contributed by atoms with van der Waals surface area (Å²) in [4.78, 5) is 114. The largest absolute Gasteiger partial charge is 0.444 e. The number of likely N-dealkylation sites (tertiary alicyclic amines) is 2. The van der Waals surface area contributed by atoms with Crippen molar-refractivity contribution >= 4 is 47.6 Å². The van der Waals surface area contributed by atoms with E-state index in [1.165, 1.54) is 23.9 Å². The summed E-state index contributed by atoms with van der Waals surface area (Å²) in [6, 6.07) is 9.92. The average molecular weight is 1560 g/mol. The number of hydrogen-bond donors (Lipinski definition) is 6. The van der Waals surface area contributed by atoms with Crippen LogP contribution in [0.3, 0.4) is 0 Å². The lowest BCUT2D eigenvalue weighted by Gasteiger charge is -2.37. The molecule has 2 fully saturated rings. The number of ether oxygens (including phenoxy) is 12. The molecular formula is C80H134N8O22. The van der Waals surface area contributed by atoms with Crippen LogP contribution in [0.1, 0.15) is 170 Å². The van der Waals surface area contributed by atoms with Crippen molar-refractivity contribution in [3.8, 4) is 0 Å². The molecule has 2 aliphatic heterocycles. The highest BCUT2D eigenvalue weighted by Crippen LogP contribution is 2.37. The van der Waals surface area contributed by atoms with Crippen molar-refractivity contribution in [3.05, 3.63) is 70.8 Å². The van der Waals surface area contributed by atoms with Crippen molar-refractivity contribution in [3.63, 3.8) is 0 Å². The molecule has 0 spiro atoms. The van der Waals surface area contributed by atoms with Crippen molar-refractivity contribution in [1.29, 1.82) is 0 Å². The molecule has 8 amide bonds. The van der Waals surface area contributed by atoms with Gasteiger partial charge in [-0.3, -0.25) is 38.6 Å². The number of aliphatic hydroxyl groups is 2. The zero-order chi connectivity index (χ0) is 81.8. The molecule has 2 aliphatic carbocycles. The Morgan fingerprint density at radius 2 is 0.764 bits per heavy atom. The third-order valence-electron chi connectivity index (χ3n) is 18.7. The van der Waals surface area contributed by atoms with Gasteiger partial charge in [-0.15, -0.1) is 0 Å². The molecule has 6 rings (SSSR count). The molecule has 2 aromatic rings. The Labute approximate surface area is 653 Å². The first-order chi connectivity index (χ1) is 52.1. The molecule has 6 N–H and O–H groups in total. The van der Waals surface area contributed by atoms with E-state index in [9.17, 15) is 38.4 Å². The highest BCUT2D eigenvalue weighted by atomic mass is 16.6. The Kier molecular flexibility index (Phi) is 42.1. The molecule has 0 aromatic heterocycles. The predicted octanol–water partition coefficient (Wildman–Crippen LogP) is 6.27. The Morgan fingerprint density at radius 3 is 1.06 bits per heavy atom. The number of nitrogens with zero attached hydrogens (tertiary/aromatic N) is 4. The third-order valence-corrected chi connectivity index (χ3v) is 18.7. The van der Waals surface area contributed by atoms with Gasteiger partial charge in [0.05, 0.1) is 143 Å². The van der Waals surface area contributed by atoms with E-state index in [2.05, 4.69) is 28.2 Å². The summed E-state index contributed by atoms with van der Waals surface area (Å²) in [5.41, 5.74) is 1.32. The molecule has 0 radical (unpaired) electrons. The molecule has 2 heterocycles. The maximum Gasteiger partial charge on any atom is 0.410 e. The highest BCUT2D eigenvalue weighted by molar-refractivity contribution is 5.96. The van der Waals surface area contributed by atoms with Crippen LogP contribution in [0.25, 0.3) is 0 Å². The fourth-order valence-electron chi connectivity index (χ4n) is 12.6. The van der Waals surface area contributed by atoms with Gasteiger partial charge in [-0.25, -0.2) is 9.59 Å². The first-order valence-electron chi connectivity index (χ1n) is 38.9. The maximum atomic E-state index is 14.2. The molecule has 0 unspecified atom stereocenters. The van der Waals surface area contributed by atoms with E-state index >= 15 is 0 Å². The normalized spacial score (nSPS) is 19.3. The molecule has 10 atom stereocenters. The van der Waals surface area contributed by atoms with Crippen molar-refractivity contribution in [1.82, 2.24) is 40.9 Å². The molecule has 626 valence electrons. The summed E-state index contributed by atoms with van der Waals surface area (Å²) < 4.78 is 67.3. The lowest BCUT2D eigenvalue weighted by atomic mass is 9.85. The lowest BCUT2D eigenvalue weighted by molar-refractivity contribution is -0.144. The van der Waals surface area contributed by atoms with Gasteiger partial charge >= 0.3 is 12.2 Å². The summed E-state index contributed by atoms with van der Waals surface area (Å²) in [6.45, 7) is 35.6. The predicted molar refractivity (Wildman–Crippen MR) is 413 cm³/mol. The van der Waals surface area contributed by atoms with Crippen molar-refractivity contribution in [2.45, 2.75) is 221 Å². The van der Waals surface area contributed by atoms with E-state index in [0.717, 1.165) is 42.4 Å². The van der Waals surface area contributed by atoms with Crippen LogP contribution in [-0.2, 0) is 98.5 Å². The maximum absolute atomic E-state index is 14.2. The number of likely N-dealkylation sites (N-methyl/N-ethyl adjacent to an activating group) is 2. The van der Waals surface area contributed by atoms with E-state index < -0.39 is 94.4 Å². The fourth-order valence-corrected chi connectivity index (χ4v) is 12.6. The van der Waals surface area contributed by atoms with Gasteiger partial charge < -0.3 is 98.1 Å². The van der Waals surface area contributed by atoms with E-state index in [1.807, 2.05) is 90.1 Å². The molecule has 0 saturated carbocycles. The second-order valence-corrected chi connectivity index (χ2v) is 31.7. The van der Waals surface area contributed by atoms with Gasteiger partial charge in [0.25, 0.3) is 0 Å². The Hall–Kier alpha value is -6.68. The fraction of sp³-hybridized carbons (Fsp3) is 0.750. The van der Waals surface area contributed by atoms with E-state index in [1.54, 1.807) is 65.2 Å². The second-order valence-electron chi connectivity index (χ2n) is 31.7. The van der Waals surface area contributed by atoms with Gasteiger partial charge in [0.2, 0.25) is 35.4 Å². The summed E-state index contributed by atoms with van der Waals surface area (Å²) in [7, 11) is 3.97. The number of aliphatic hydroxyl groups excluding tert-OH is 2. The smallest absolute Gasteiger partial charge is 0.410 e. The second kappa shape index (κ2) is 48.4. The number of hydrogen-bond acceptors (Lipinski definition) is 22. The first kappa shape index (κ1) is 95.7. The van der Waals surface area contributed by atoms with Crippen LogP contribution in [0.5, 0.6) is 0 Å². The summed E-state index contributed by atoms with van der Waals surface area (Å²) in [5, 5.41) is 27.9. The summed E-state index contributed by atoms with van der Waals surface area (Å²) >= 11 is 0. The van der Waals surface area contributed by atoms with Crippen LogP contribution >= 0.6 is 0 Å². The molecule has 2 saturated heterocycles. The number of benzene rings is 2. The lowest BCUT2D eigenvalue weighted by Crippen LogP contribution is -2.60. The topological polar surface area (TPSA) is 349 Å². The van der Waals surface area contributed by atoms with Gasteiger partial charge in [0.15, 0.2) is 0 Å². The SMILES string of the molecule is CCCOCCOCCOCCOCCO[C@@H]1Cc2ccccc2[C@@H]1NC(=O)[C@@H]1CCCN1C(=O)[C@@H](NC(=O)[C@H](C)N(C)C(=O)OC(C)(C)C)C(C)(C)C.CO.C[C@@H](C(=O)N[C@H](C(=O)N1CCC[C@H]1C(=O)N[C@H]1c2ccccc2C[C@H]1OCCOCCOCCOCCOCCO)C(C)(C)C)N(C)C(=O)OC(C)(C)C. The average Bonchev–Trinajstić information content (AvgIpc) is 1.62. The van der Waals surface area contributed by atoms with Gasteiger partial charge in [0, 0.05) is 53.7 Å². The van der Waals surface area contributed by atoms with Gasteiger partial charge in [-0.05, 0) is 121 Å². The molecular weight excluding hydrogens is 1420 g/mol. The molecule has 110 heavy (non-hydrogen) atoms. The number of amides is 8. The molecule has 2 aromatic carbocycles. The molecule has 4 aliphatic rings. The van der Waals surface area contributed by atoms with Crippen LogP contribution < -0.4 is 21.3 Å². The van der Waals surface area contributed by atoms with Gasteiger partial charge in [-0.2, -0.15) is 0 Å². The van der Waals surface area contributed by atoms with Crippen molar-refractivity contribution in [2.75, 3.05) is 160 Å². The minimum Gasteiger partial charge on any atom is -0.444 e. The quantitative estimate of drug-likeness (QED) is 0.0399. The minimum absolute atomic E-state index is 0.00804. The number of carbonyl (C=O) groups is 8. The highest BCUT2D eigenvalue weighted by Gasteiger charge is 2.47. The number of rotatable bonds is 42. The van der Waals surface area contributed by atoms with E-state index in [0.29, 0.717) is 164 Å².